The molecule has 0 aliphatic carbocycles. The molecule has 2 unspecified atom stereocenters. The predicted octanol–water partition coefficient (Wildman–Crippen LogP) is 5.00. The lowest BCUT2D eigenvalue weighted by Crippen LogP contribution is -2.52. The first-order valence-corrected chi connectivity index (χ1v) is 16.3. The highest BCUT2D eigenvalue weighted by Gasteiger charge is 2.41. The smallest absolute Gasteiger partial charge is 0.243 e. The summed E-state index contributed by atoms with van der Waals surface area (Å²) in [4.78, 5) is 17.8. The summed E-state index contributed by atoms with van der Waals surface area (Å²) in [5.74, 6) is -3.65. The second-order valence-corrected chi connectivity index (χ2v) is 13.3. The number of anilines is 1. The lowest BCUT2D eigenvalue weighted by Gasteiger charge is -2.39. The number of aromatic nitrogens is 3. The van der Waals surface area contributed by atoms with Crippen LogP contribution >= 0.6 is 23.1 Å². The van der Waals surface area contributed by atoms with E-state index in [0.29, 0.717) is 21.4 Å². The van der Waals surface area contributed by atoms with Gasteiger partial charge in [-0.15, -0.1) is 0 Å². The first-order chi connectivity index (χ1) is 19.6. The van der Waals surface area contributed by atoms with E-state index < -0.39 is 37.9 Å². The third kappa shape index (κ3) is 5.01. The van der Waals surface area contributed by atoms with Gasteiger partial charge in [0.25, 0.3) is 0 Å². The number of nitrogens with zero attached hydrogens (tertiary/aromatic N) is 5. The Balaban J connectivity index is 1.53. The third-order valence-electron chi connectivity index (χ3n) is 7.43. The lowest BCUT2D eigenvalue weighted by atomic mass is 9.99. The van der Waals surface area contributed by atoms with Gasteiger partial charge in [0.2, 0.25) is 10.0 Å². The van der Waals surface area contributed by atoms with Gasteiger partial charge < -0.3 is 9.80 Å². The number of likely N-dealkylation sites (tertiary alicyclic amines) is 1. The lowest BCUT2D eigenvalue weighted by molar-refractivity contribution is 0.264. The Morgan fingerprint density at radius 3 is 2.34 bits per heavy atom. The van der Waals surface area contributed by atoms with Gasteiger partial charge in [0.1, 0.15) is 11.6 Å². The molecule has 0 spiro atoms. The van der Waals surface area contributed by atoms with E-state index in [1.807, 2.05) is 6.26 Å². The summed E-state index contributed by atoms with van der Waals surface area (Å²) < 4.78 is 69.7. The molecule has 8 nitrogen and oxygen atoms in total. The molecule has 2 fully saturated rings. The second-order valence-electron chi connectivity index (χ2n) is 10.1. The van der Waals surface area contributed by atoms with Crippen LogP contribution in [0.5, 0.6) is 0 Å². The topological polar surface area (TPSA) is 105 Å². The van der Waals surface area contributed by atoms with Gasteiger partial charge in [0.05, 0.1) is 16.3 Å². The molecule has 2 saturated heterocycles. The van der Waals surface area contributed by atoms with Crippen LogP contribution in [0.3, 0.4) is 0 Å². The zero-order chi connectivity index (χ0) is 29.1. The van der Waals surface area contributed by atoms with Gasteiger partial charge in [-0.05, 0) is 50.4 Å². The van der Waals surface area contributed by atoms with Crippen LogP contribution < -0.4 is 10.0 Å². The zero-order valence-corrected chi connectivity index (χ0v) is 24.5. The number of thiazole rings is 1. The van der Waals surface area contributed by atoms with Crippen LogP contribution in [-0.2, 0) is 10.0 Å². The van der Waals surface area contributed by atoms with Gasteiger partial charge in [-0.1, -0.05) is 35.2 Å². The van der Waals surface area contributed by atoms with Crippen molar-refractivity contribution >= 4 is 38.3 Å². The largest absolute Gasteiger partial charge is 0.340 e. The molecule has 4 aromatic rings. The van der Waals surface area contributed by atoms with Gasteiger partial charge in [-0.2, -0.15) is 0 Å². The number of piperazine rings is 1. The maximum Gasteiger partial charge on any atom is 0.243 e. The summed E-state index contributed by atoms with van der Waals surface area (Å²) in [6.07, 6.45) is 5.55. The van der Waals surface area contributed by atoms with E-state index >= 15 is 8.78 Å². The molecular formula is C27H25F3N6O2S3. The number of primary sulfonamides is 1. The average Bonchev–Trinajstić information content (AvgIpc) is 3.47. The first kappa shape index (κ1) is 28.1. The summed E-state index contributed by atoms with van der Waals surface area (Å²) in [7, 11) is -2.64. The van der Waals surface area contributed by atoms with Crippen molar-refractivity contribution in [3.8, 4) is 33.0 Å². The van der Waals surface area contributed by atoms with Crippen LogP contribution in [0, 0.1) is 17.5 Å². The van der Waals surface area contributed by atoms with Gasteiger partial charge in [-0.3, -0.25) is 0 Å². The van der Waals surface area contributed by atoms with Crippen molar-refractivity contribution in [1.29, 1.82) is 0 Å². The maximum absolute atomic E-state index is 16.3. The standard InChI is InChI=1S/C27H25F3N6O2S3/c1-35-12-14-6-7-15(13-35)36(14)27-34-23(24(40-27)20-10-11-32-26(33-20)39-2)18-5-3-4-16(21(18)29)17-8-9-19(28)25(22(17)30)41(31,37)38/h3-5,8-11,14-15H,6-7,12-13H2,1-2H3,(H2,31,37,38). The zero-order valence-electron chi connectivity index (χ0n) is 22.0. The highest BCUT2D eigenvalue weighted by Crippen LogP contribution is 2.45. The summed E-state index contributed by atoms with van der Waals surface area (Å²) in [5.41, 5.74) is 0.279. The van der Waals surface area contributed by atoms with Crippen LogP contribution in [0.4, 0.5) is 18.3 Å². The van der Waals surface area contributed by atoms with E-state index in [4.69, 9.17) is 10.1 Å². The molecule has 0 amide bonds. The Hall–Kier alpha value is -3.04. The van der Waals surface area contributed by atoms with Crippen molar-refractivity contribution in [3.05, 3.63) is 60.0 Å². The Labute approximate surface area is 243 Å². The van der Waals surface area contributed by atoms with Crippen LogP contribution in [0.2, 0.25) is 0 Å². The van der Waals surface area contributed by atoms with Gasteiger partial charge in [-0.25, -0.2) is 41.7 Å². The fourth-order valence-electron chi connectivity index (χ4n) is 5.69. The van der Waals surface area contributed by atoms with Crippen molar-refractivity contribution in [3.63, 3.8) is 0 Å². The third-order valence-corrected chi connectivity index (χ3v) is 10.0. The Bertz CT molecular complexity index is 1750. The molecule has 0 saturated carbocycles. The molecule has 2 bridgehead atoms. The maximum atomic E-state index is 16.3. The van der Waals surface area contributed by atoms with Gasteiger partial charge >= 0.3 is 0 Å². The number of fused-ring (bicyclic) bond motifs is 2. The molecule has 2 aromatic carbocycles. The molecule has 41 heavy (non-hydrogen) atoms. The van der Waals surface area contributed by atoms with Crippen LogP contribution in [0.25, 0.3) is 33.0 Å². The number of halogens is 3. The molecule has 2 aliphatic rings. The van der Waals surface area contributed by atoms with Crippen molar-refractivity contribution in [2.45, 2.75) is 35.0 Å². The Morgan fingerprint density at radius 2 is 1.66 bits per heavy atom. The number of hydrogen-bond acceptors (Lipinski definition) is 9. The minimum atomic E-state index is -4.75. The van der Waals surface area contributed by atoms with Gasteiger partial charge in [0.15, 0.2) is 21.0 Å². The number of sulfonamides is 1. The minimum Gasteiger partial charge on any atom is -0.340 e. The van der Waals surface area contributed by atoms with E-state index in [1.54, 1.807) is 12.3 Å². The molecule has 2 aromatic heterocycles. The SMILES string of the molecule is CSc1nccc(-c2sc(N3C4CCC3CN(C)C4)nc2-c2cccc(-c3ccc(F)c(S(N)(=O)=O)c3F)c2F)n1. The summed E-state index contributed by atoms with van der Waals surface area (Å²) in [6.45, 7) is 1.79. The molecule has 2 atom stereocenters. The Kier molecular flexibility index (Phi) is 7.30. The highest BCUT2D eigenvalue weighted by atomic mass is 32.2. The van der Waals surface area contributed by atoms with Crippen molar-refractivity contribution < 1.29 is 21.6 Å². The molecule has 2 N–H and O–H groups in total. The van der Waals surface area contributed by atoms with E-state index in [9.17, 15) is 12.8 Å². The molecule has 0 radical (unpaired) electrons. The normalized spacial score (nSPS) is 19.2. The Morgan fingerprint density at radius 1 is 0.976 bits per heavy atom. The minimum absolute atomic E-state index is 0.0756. The van der Waals surface area contributed by atoms with Crippen molar-refractivity contribution in [1.82, 2.24) is 19.9 Å². The number of hydrogen-bond donors (Lipinski definition) is 1. The van der Waals surface area contributed by atoms with Crippen molar-refractivity contribution in [2.24, 2.45) is 5.14 Å². The second kappa shape index (κ2) is 10.7. The van der Waals surface area contributed by atoms with Gasteiger partial charge in [0, 0.05) is 48.1 Å². The summed E-state index contributed by atoms with van der Waals surface area (Å²) in [5, 5.41) is 6.34. The number of rotatable bonds is 6. The fourth-order valence-corrected chi connectivity index (χ4v) is 7.94. The molecule has 14 heteroatoms. The number of thioether (sulfide) groups is 1. The number of likely N-dealkylation sites (N-methyl/N-ethyl adjacent to an activating group) is 1. The molecule has 214 valence electrons. The highest BCUT2D eigenvalue weighted by molar-refractivity contribution is 7.98. The van der Waals surface area contributed by atoms with Crippen LogP contribution in [-0.4, -0.2) is 66.7 Å². The predicted molar refractivity (Wildman–Crippen MR) is 154 cm³/mol. The monoisotopic (exact) mass is 618 g/mol. The van der Waals surface area contributed by atoms with E-state index in [0.717, 1.165) is 43.2 Å². The average molecular weight is 619 g/mol. The van der Waals surface area contributed by atoms with E-state index in [2.05, 4.69) is 26.8 Å². The molecule has 2 aliphatic heterocycles. The summed E-state index contributed by atoms with van der Waals surface area (Å²) in [6, 6.07) is 8.38. The quantitative estimate of drug-likeness (QED) is 0.238. The van der Waals surface area contributed by atoms with E-state index in [-0.39, 0.29) is 23.2 Å². The molecule has 4 heterocycles. The van der Waals surface area contributed by atoms with Crippen LogP contribution in [0.1, 0.15) is 12.8 Å². The molecular weight excluding hydrogens is 594 g/mol. The number of benzene rings is 2. The van der Waals surface area contributed by atoms with Crippen LogP contribution in [0.15, 0.2) is 52.6 Å². The molecule has 6 rings (SSSR count). The fraction of sp³-hybridized carbons (Fsp3) is 0.296. The first-order valence-electron chi connectivity index (χ1n) is 12.7. The number of nitrogens with two attached hydrogens (primary N) is 1. The van der Waals surface area contributed by atoms with Crippen molar-refractivity contribution in [2.75, 3.05) is 31.3 Å². The summed E-state index contributed by atoms with van der Waals surface area (Å²) >= 11 is 2.79. The van der Waals surface area contributed by atoms with E-state index in [1.165, 1.54) is 41.3 Å².